The molecule has 23 heavy (non-hydrogen) atoms. The number of alkyl halides is 1. The van der Waals surface area contributed by atoms with Crippen molar-refractivity contribution in [1.29, 1.82) is 0 Å². The van der Waals surface area contributed by atoms with Gasteiger partial charge < -0.3 is 15.5 Å². The first-order valence-corrected chi connectivity index (χ1v) is 8.27. The first kappa shape index (κ1) is 16.3. The molecule has 3 heterocycles. The number of guanidine groups is 1. The van der Waals surface area contributed by atoms with E-state index in [2.05, 4.69) is 30.8 Å². The fourth-order valence-corrected chi connectivity index (χ4v) is 3.05. The molecule has 2 N–H and O–H groups in total. The van der Waals surface area contributed by atoms with E-state index < -0.39 is 6.30 Å². The zero-order chi connectivity index (χ0) is 16.1. The molecule has 2 fully saturated rings. The third-order valence-electron chi connectivity index (χ3n) is 4.38. The Morgan fingerprint density at radius 1 is 1.26 bits per heavy atom. The van der Waals surface area contributed by atoms with E-state index in [-0.39, 0.29) is 12.5 Å². The van der Waals surface area contributed by atoms with Crippen LogP contribution < -0.4 is 10.6 Å². The lowest BCUT2D eigenvalue weighted by atomic mass is 10.1. The van der Waals surface area contributed by atoms with Gasteiger partial charge >= 0.3 is 0 Å². The van der Waals surface area contributed by atoms with Crippen molar-refractivity contribution in [3.8, 4) is 0 Å². The van der Waals surface area contributed by atoms with E-state index in [0.717, 1.165) is 52.1 Å². The molecule has 0 aliphatic carbocycles. The summed E-state index contributed by atoms with van der Waals surface area (Å²) in [6.07, 6.45) is 0.693. The molecule has 0 aromatic rings. The highest BCUT2D eigenvalue weighted by Gasteiger charge is 2.24. The van der Waals surface area contributed by atoms with E-state index in [0.29, 0.717) is 18.5 Å². The molecule has 9 heteroatoms. The van der Waals surface area contributed by atoms with Gasteiger partial charge in [-0.25, -0.2) is 9.38 Å². The summed E-state index contributed by atoms with van der Waals surface area (Å²) >= 11 is 0. The number of nitrogens with zero attached hydrogens (tertiary/aromatic N) is 5. The Bertz CT molecular complexity index is 470. The number of amides is 1. The van der Waals surface area contributed by atoms with Gasteiger partial charge in [0.1, 0.15) is 0 Å². The Labute approximate surface area is 135 Å². The predicted octanol–water partition coefficient (Wildman–Crippen LogP) is -0.410. The van der Waals surface area contributed by atoms with Crippen molar-refractivity contribution >= 4 is 11.9 Å². The van der Waals surface area contributed by atoms with Gasteiger partial charge in [-0.2, -0.15) is 0 Å². The second-order valence-corrected chi connectivity index (χ2v) is 6.15. The Hall–Kier alpha value is -1.61. The number of halogens is 1. The Morgan fingerprint density at radius 3 is 2.65 bits per heavy atom. The molecule has 0 radical (unpaired) electrons. The molecule has 3 aliphatic heterocycles. The summed E-state index contributed by atoms with van der Waals surface area (Å²) in [5.74, 6) is 0.609. The molecular weight excluding hydrogens is 301 g/mol. The van der Waals surface area contributed by atoms with E-state index in [1.807, 2.05) is 4.90 Å². The molecule has 1 atom stereocenters. The summed E-state index contributed by atoms with van der Waals surface area (Å²) in [4.78, 5) is 20.3. The summed E-state index contributed by atoms with van der Waals surface area (Å²) in [6.45, 7) is 5.43. The van der Waals surface area contributed by atoms with Gasteiger partial charge in [0.05, 0.1) is 13.1 Å². The van der Waals surface area contributed by atoms with Crippen LogP contribution in [-0.4, -0.2) is 86.4 Å². The van der Waals surface area contributed by atoms with Crippen LogP contribution in [0.5, 0.6) is 0 Å². The molecule has 128 valence electrons. The maximum atomic E-state index is 12.9. The molecule has 3 rings (SSSR count). The van der Waals surface area contributed by atoms with Crippen molar-refractivity contribution in [3.05, 3.63) is 0 Å². The molecule has 0 aromatic carbocycles. The van der Waals surface area contributed by atoms with Gasteiger partial charge in [0.25, 0.3) is 0 Å². The molecule has 0 saturated carbocycles. The van der Waals surface area contributed by atoms with Crippen molar-refractivity contribution in [1.82, 2.24) is 20.4 Å². The summed E-state index contributed by atoms with van der Waals surface area (Å²) in [6, 6.07) is 0.302. The number of carbonyl (C=O) groups excluding carboxylic acids is 1. The van der Waals surface area contributed by atoms with Gasteiger partial charge in [-0.3, -0.25) is 9.69 Å². The maximum absolute atomic E-state index is 12.9. The number of hydrogen-bond donors (Lipinski definition) is 2. The smallest absolute Gasteiger partial charge is 0.240 e. The van der Waals surface area contributed by atoms with Gasteiger partial charge in [0.2, 0.25) is 18.2 Å². The number of piperazine rings is 1. The molecule has 1 amide bonds. The van der Waals surface area contributed by atoms with E-state index in [9.17, 15) is 9.18 Å². The quantitative estimate of drug-likeness (QED) is 0.691. The topological polar surface area (TPSA) is 84.7 Å². The number of azo groups is 1. The van der Waals surface area contributed by atoms with Gasteiger partial charge in [-0.15, -0.1) is 10.2 Å². The first-order valence-electron chi connectivity index (χ1n) is 8.27. The SMILES string of the molecule is O=C(CN1CCN(C2=NCC(F)N=N2)CC1)NC1CCNCC1. The molecule has 1 unspecified atom stereocenters. The number of piperidine rings is 1. The van der Waals surface area contributed by atoms with Crippen LogP contribution >= 0.6 is 0 Å². The Morgan fingerprint density at radius 2 is 2.00 bits per heavy atom. The zero-order valence-corrected chi connectivity index (χ0v) is 13.2. The minimum absolute atomic E-state index is 0.0533. The van der Waals surface area contributed by atoms with Gasteiger partial charge in [0, 0.05) is 32.2 Å². The molecule has 0 aromatic heterocycles. The third kappa shape index (κ3) is 4.68. The number of aliphatic imine (C=N–C) groups is 1. The highest BCUT2D eigenvalue weighted by molar-refractivity contribution is 5.81. The molecule has 2 saturated heterocycles. The monoisotopic (exact) mass is 325 g/mol. The summed E-state index contributed by atoms with van der Waals surface area (Å²) in [5.41, 5.74) is 0. The highest BCUT2D eigenvalue weighted by atomic mass is 19.1. The average Bonchev–Trinajstić information content (AvgIpc) is 2.57. The van der Waals surface area contributed by atoms with E-state index in [1.54, 1.807) is 0 Å². The lowest BCUT2D eigenvalue weighted by molar-refractivity contribution is -0.123. The second kappa shape index (κ2) is 7.78. The van der Waals surface area contributed by atoms with Crippen LogP contribution in [-0.2, 0) is 4.79 Å². The van der Waals surface area contributed by atoms with Crippen molar-refractivity contribution < 1.29 is 9.18 Å². The molecule has 3 aliphatic rings. The number of rotatable bonds is 3. The van der Waals surface area contributed by atoms with E-state index in [4.69, 9.17) is 0 Å². The third-order valence-corrected chi connectivity index (χ3v) is 4.38. The Kier molecular flexibility index (Phi) is 5.50. The first-order chi connectivity index (χ1) is 11.2. The number of nitrogens with one attached hydrogen (secondary N) is 2. The minimum atomic E-state index is -1.31. The maximum Gasteiger partial charge on any atom is 0.240 e. The molecule has 8 nitrogen and oxygen atoms in total. The van der Waals surface area contributed by atoms with Crippen LogP contribution in [0.25, 0.3) is 0 Å². The molecule has 0 spiro atoms. The van der Waals surface area contributed by atoms with Crippen LogP contribution in [0, 0.1) is 0 Å². The Balaban J connectivity index is 1.39. The number of hydrogen-bond acceptors (Lipinski definition) is 7. The van der Waals surface area contributed by atoms with Crippen LogP contribution in [0.15, 0.2) is 15.2 Å². The summed E-state index contributed by atoms with van der Waals surface area (Å²) in [7, 11) is 0. The van der Waals surface area contributed by atoms with Crippen molar-refractivity contribution in [2.45, 2.75) is 25.2 Å². The average molecular weight is 325 g/mol. The summed E-state index contributed by atoms with van der Waals surface area (Å²) in [5, 5.41) is 13.7. The lowest BCUT2D eigenvalue weighted by Crippen LogP contribution is -2.52. The largest absolute Gasteiger partial charge is 0.352 e. The van der Waals surface area contributed by atoms with Crippen molar-refractivity contribution in [3.63, 3.8) is 0 Å². The van der Waals surface area contributed by atoms with Crippen LogP contribution in [0.1, 0.15) is 12.8 Å². The van der Waals surface area contributed by atoms with Crippen LogP contribution in [0.4, 0.5) is 4.39 Å². The predicted molar refractivity (Wildman–Crippen MR) is 84.1 cm³/mol. The number of carbonyl (C=O) groups is 1. The van der Waals surface area contributed by atoms with Gasteiger partial charge in [-0.05, 0) is 25.9 Å². The van der Waals surface area contributed by atoms with E-state index in [1.165, 1.54) is 0 Å². The van der Waals surface area contributed by atoms with Crippen molar-refractivity contribution in [2.24, 2.45) is 15.2 Å². The van der Waals surface area contributed by atoms with E-state index >= 15 is 0 Å². The fraction of sp³-hybridized carbons (Fsp3) is 0.857. The zero-order valence-electron chi connectivity index (χ0n) is 13.2. The highest BCUT2D eigenvalue weighted by Crippen LogP contribution is 2.09. The van der Waals surface area contributed by atoms with Crippen LogP contribution in [0.3, 0.4) is 0 Å². The van der Waals surface area contributed by atoms with Crippen LogP contribution in [0.2, 0.25) is 0 Å². The fourth-order valence-electron chi connectivity index (χ4n) is 3.05. The molecule has 0 bridgehead atoms. The lowest BCUT2D eigenvalue weighted by Gasteiger charge is -2.35. The second-order valence-electron chi connectivity index (χ2n) is 6.15. The molecular formula is C14H24FN7O. The summed E-state index contributed by atoms with van der Waals surface area (Å²) < 4.78 is 12.9. The van der Waals surface area contributed by atoms with Crippen molar-refractivity contribution in [2.75, 3.05) is 52.4 Å². The van der Waals surface area contributed by atoms with Gasteiger partial charge in [0.15, 0.2) is 0 Å². The minimum Gasteiger partial charge on any atom is -0.352 e. The van der Waals surface area contributed by atoms with Gasteiger partial charge in [-0.1, -0.05) is 0 Å². The normalized spacial score (nSPS) is 26.9. The standard InChI is InChI=1S/C14H24FN7O/c15-12-9-17-14(20-19-12)22-7-5-21(6-8-22)10-13(23)18-11-1-3-16-4-2-11/h11-12,16H,1-10H2,(H,18,23).